The second-order valence-electron chi connectivity index (χ2n) is 10.0. The van der Waals surface area contributed by atoms with Crippen LogP contribution in [0.4, 0.5) is 17.5 Å². The van der Waals surface area contributed by atoms with Crippen LogP contribution < -0.4 is 15.9 Å². The second kappa shape index (κ2) is 9.56. The largest absolute Gasteiger partial charge is 0.396 e. The average Bonchev–Trinajstić information content (AvgIpc) is 3.02. The molecule has 3 aromatic rings. The number of halogens is 1. The summed E-state index contributed by atoms with van der Waals surface area (Å²) in [5.41, 5.74) is 1.31. The van der Waals surface area contributed by atoms with E-state index in [9.17, 15) is 15.0 Å². The third kappa shape index (κ3) is 5.21. The standard InChI is InChI=1S/C24H33ClN6O3/c1-15-9-16(14-32)13-30(12-15)22-26-11-18(25)21(28-22)27-17-5-6-19-20(10-17)31(23(33)29(19)4)8-7-24(2,3)34/h5-6,10-11,15-16,32,34H,7-9,12-14H2,1-4H3,(H,26,27,28)/t15-,16+/m0/s1. The van der Waals surface area contributed by atoms with Crippen LogP contribution in [0.3, 0.4) is 0 Å². The maximum absolute atomic E-state index is 12.8. The van der Waals surface area contributed by atoms with E-state index in [0.29, 0.717) is 42.2 Å². The van der Waals surface area contributed by atoms with Gasteiger partial charge in [0.15, 0.2) is 5.82 Å². The summed E-state index contributed by atoms with van der Waals surface area (Å²) in [7, 11) is 1.74. The fourth-order valence-corrected chi connectivity index (χ4v) is 4.74. The Morgan fingerprint density at radius 3 is 2.74 bits per heavy atom. The van der Waals surface area contributed by atoms with Gasteiger partial charge in [-0.1, -0.05) is 18.5 Å². The molecule has 1 aliphatic heterocycles. The molecular weight excluding hydrogens is 456 g/mol. The zero-order valence-corrected chi connectivity index (χ0v) is 20.9. The summed E-state index contributed by atoms with van der Waals surface area (Å²) in [4.78, 5) is 24.0. The molecule has 1 aromatic carbocycles. The summed E-state index contributed by atoms with van der Waals surface area (Å²) in [6.45, 7) is 7.70. The van der Waals surface area contributed by atoms with Crippen LogP contribution in [0.2, 0.25) is 5.02 Å². The molecule has 34 heavy (non-hydrogen) atoms. The Bertz CT molecular complexity index is 1230. The van der Waals surface area contributed by atoms with E-state index in [1.54, 1.807) is 36.2 Å². The van der Waals surface area contributed by atoms with E-state index in [1.807, 2.05) is 18.2 Å². The van der Waals surface area contributed by atoms with Gasteiger partial charge in [0, 0.05) is 39.0 Å². The molecule has 0 unspecified atom stereocenters. The van der Waals surface area contributed by atoms with Crippen molar-refractivity contribution in [3.8, 4) is 0 Å². The SMILES string of the molecule is C[C@H]1C[C@@H](CO)CN(c2ncc(Cl)c(Nc3ccc4c(c3)n(CCC(C)(C)O)c(=O)n4C)n2)C1. The first-order chi connectivity index (χ1) is 16.1. The zero-order chi connectivity index (χ0) is 24.6. The van der Waals surface area contributed by atoms with Crippen molar-refractivity contribution in [1.82, 2.24) is 19.1 Å². The van der Waals surface area contributed by atoms with E-state index in [2.05, 4.69) is 27.1 Å². The normalized spacial score (nSPS) is 19.1. The number of nitrogens with zero attached hydrogens (tertiary/aromatic N) is 5. The number of fused-ring (bicyclic) bond motifs is 1. The predicted octanol–water partition coefficient (Wildman–Crippen LogP) is 3.14. The van der Waals surface area contributed by atoms with Crippen LogP contribution in [0.1, 0.15) is 33.6 Å². The molecular formula is C24H33ClN6O3. The van der Waals surface area contributed by atoms with Gasteiger partial charge in [-0.15, -0.1) is 0 Å². The van der Waals surface area contributed by atoms with Crippen LogP contribution in [-0.4, -0.2) is 54.6 Å². The van der Waals surface area contributed by atoms with Gasteiger partial charge < -0.3 is 20.4 Å². The summed E-state index contributed by atoms with van der Waals surface area (Å²) in [6, 6.07) is 5.66. The lowest BCUT2D eigenvalue weighted by Crippen LogP contribution is -2.41. The highest BCUT2D eigenvalue weighted by Crippen LogP contribution is 2.29. The number of aryl methyl sites for hydroxylation is 2. The molecule has 10 heteroatoms. The zero-order valence-electron chi connectivity index (χ0n) is 20.1. The fraction of sp³-hybridized carbons (Fsp3) is 0.542. The number of hydrogen-bond acceptors (Lipinski definition) is 7. The Morgan fingerprint density at radius 1 is 1.26 bits per heavy atom. The Hall–Kier alpha value is -2.62. The number of hydrogen-bond donors (Lipinski definition) is 3. The monoisotopic (exact) mass is 488 g/mol. The average molecular weight is 489 g/mol. The van der Waals surface area contributed by atoms with Crippen molar-refractivity contribution in [2.24, 2.45) is 18.9 Å². The van der Waals surface area contributed by atoms with E-state index in [1.165, 1.54) is 0 Å². The third-order valence-corrected chi connectivity index (χ3v) is 6.65. The van der Waals surface area contributed by atoms with E-state index in [0.717, 1.165) is 29.7 Å². The Morgan fingerprint density at radius 2 is 2.03 bits per heavy atom. The number of nitrogens with one attached hydrogen (secondary N) is 1. The van der Waals surface area contributed by atoms with Gasteiger partial charge in [-0.05, 0) is 56.7 Å². The molecule has 4 rings (SSSR count). The minimum Gasteiger partial charge on any atom is -0.396 e. The van der Waals surface area contributed by atoms with E-state index in [-0.39, 0.29) is 18.2 Å². The minimum atomic E-state index is -0.872. The molecule has 0 aliphatic carbocycles. The van der Waals surface area contributed by atoms with Gasteiger partial charge in [0.2, 0.25) is 5.95 Å². The fourth-order valence-electron chi connectivity index (χ4n) is 4.60. The number of aliphatic hydroxyl groups excluding tert-OH is 1. The lowest BCUT2D eigenvalue weighted by atomic mass is 9.91. The van der Waals surface area contributed by atoms with Crippen LogP contribution in [0.15, 0.2) is 29.2 Å². The first kappa shape index (κ1) is 24.5. The van der Waals surface area contributed by atoms with E-state index >= 15 is 0 Å². The third-order valence-electron chi connectivity index (χ3n) is 6.37. The van der Waals surface area contributed by atoms with Crippen molar-refractivity contribution in [1.29, 1.82) is 0 Å². The molecule has 0 saturated carbocycles. The topological polar surface area (TPSA) is 108 Å². The predicted molar refractivity (Wildman–Crippen MR) is 135 cm³/mol. The molecule has 2 atom stereocenters. The smallest absolute Gasteiger partial charge is 0.328 e. The van der Waals surface area contributed by atoms with Crippen molar-refractivity contribution in [2.45, 2.75) is 45.8 Å². The van der Waals surface area contributed by atoms with E-state index < -0.39 is 5.60 Å². The van der Waals surface area contributed by atoms with Gasteiger partial charge in [0.1, 0.15) is 5.02 Å². The van der Waals surface area contributed by atoms with Gasteiger partial charge in [-0.3, -0.25) is 9.13 Å². The Balaban J connectivity index is 1.63. The molecule has 3 heterocycles. The molecule has 3 N–H and O–H groups in total. The van der Waals surface area contributed by atoms with Crippen LogP contribution in [0, 0.1) is 11.8 Å². The van der Waals surface area contributed by atoms with E-state index in [4.69, 9.17) is 11.6 Å². The van der Waals surface area contributed by atoms with Crippen molar-refractivity contribution < 1.29 is 10.2 Å². The van der Waals surface area contributed by atoms with Gasteiger partial charge in [-0.25, -0.2) is 9.78 Å². The maximum atomic E-state index is 12.8. The van der Waals surface area contributed by atoms with Crippen molar-refractivity contribution >= 4 is 40.1 Å². The summed E-state index contributed by atoms with van der Waals surface area (Å²) in [5.74, 6) is 1.68. The molecule has 0 spiro atoms. The van der Waals surface area contributed by atoms with Crippen molar-refractivity contribution in [3.63, 3.8) is 0 Å². The summed E-state index contributed by atoms with van der Waals surface area (Å²) in [6.07, 6.45) is 3.02. The molecule has 2 aromatic heterocycles. The van der Waals surface area contributed by atoms with Crippen LogP contribution in [-0.2, 0) is 13.6 Å². The highest BCUT2D eigenvalue weighted by Gasteiger charge is 2.26. The van der Waals surface area contributed by atoms with Gasteiger partial charge in [0.05, 0.1) is 22.8 Å². The first-order valence-corrected chi connectivity index (χ1v) is 12.0. The number of aromatic nitrogens is 4. The highest BCUT2D eigenvalue weighted by atomic mass is 35.5. The number of rotatable bonds is 7. The maximum Gasteiger partial charge on any atom is 0.328 e. The van der Waals surface area contributed by atoms with Crippen molar-refractivity contribution in [3.05, 3.63) is 39.9 Å². The molecule has 0 bridgehead atoms. The molecule has 9 nitrogen and oxygen atoms in total. The Labute approximate surface area is 204 Å². The number of benzene rings is 1. The molecule has 0 amide bonds. The van der Waals surface area contributed by atoms with Crippen molar-refractivity contribution in [2.75, 3.05) is 29.9 Å². The number of imidazole rings is 1. The highest BCUT2D eigenvalue weighted by molar-refractivity contribution is 6.32. The number of piperidine rings is 1. The van der Waals surface area contributed by atoms with Crippen LogP contribution >= 0.6 is 11.6 Å². The summed E-state index contributed by atoms with van der Waals surface area (Å²) in [5, 5.41) is 23.4. The second-order valence-corrected chi connectivity index (χ2v) is 10.5. The van der Waals surface area contributed by atoms with Gasteiger partial charge >= 0.3 is 5.69 Å². The number of anilines is 3. The summed E-state index contributed by atoms with van der Waals surface area (Å²) >= 11 is 6.42. The lowest BCUT2D eigenvalue weighted by Gasteiger charge is -2.35. The molecule has 1 fully saturated rings. The molecule has 0 radical (unpaired) electrons. The van der Waals surface area contributed by atoms with Crippen LogP contribution in [0.25, 0.3) is 11.0 Å². The van der Waals surface area contributed by atoms with Gasteiger partial charge in [0.25, 0.3) is 0 Å². The molecule has 1 saturated heterocycles. The first-order valence-electron chi connectivity index (χ1n) is 11.6. The lowest BCUT2D eigenvalue weighted by molar-refractivity contribution is 0.0662. The minimum absolute atomic E-state index is 0.128. The number of aliphatic hydroxyl groups is 2. The molecule has 184 valence electrons. The van der Waals surface area contributed by atoms with Crippen LogP contribution in [0.5, 0.6) is 0 Å². The Kier molecular flexibility index (Phi) is 6.89. The van der Waals surface area contributed by atoms with Gasteiger partial charge in [-0.2, -0.15) is 4.98 Å². The summed E-state index contributed by atoms with van der Waals surface area (Å²) < 4.78 is 3.28. The molecule has 1 aliphatic rings. The quantitative estimate of drug-likeness (QED) is 0.468.